The first kappa shape index (κ1) is 47.5. The molecule has 3 aromatic carbocycles. The Morgan fingerprint density at radius 1 is 0.754 bits per heavy atom. The number of guanidine groups is 1. The number of nitrogens with two attached hydrogens (primary N) is 2. The third kappa shape index (κ3) is 17.1. The van der Waals surface area contributed by atoms with E-state index in [0.29, 0.717) is 64.2 Å². The largest absolute Gasteiger partial charge is 0.508 e. The molecule has 330 valence electrons. The topological polar surface area (TPSA) is 255 Å². The van der Waals surface area contributed by atoms with Gasteiger partial charge >= 0.3 is 6.03 Å². The number of ether oxygens (including phenoxy) is 1. The molecule has 17 heteroatoms. The number of hydrogen-bond acceptors (Lipinski definition) is 9. The molecule has 1 aliphatic heterocycles. The molecule has 61 heavy (non-hydrogen) atoms. The average molecular weight is 843 g/mol. The Balaban J connectivity index is 1.40. The SMILES string of the molecule is CCC(=O)NCCNC(=O)/N=C(/N)NCCC[C@@H](NC(=O)[C@H](c1ccc(OCCCNC(=O)CCCCCN)cc1)N1Cc2ccccc2C1)C(=O)NCc1ccc(O)cc1. The van der Waals surface area contributed by atoms with Crippen molar-refractivity contribution < 1.29 is 33.8 Å². The number of phenols is 1. The summed E-state index contributed by atoms with van der Waals surface area (Å²) in [5.41, 5.74) is 15.2. The Morgan fingerprint density at radius 2 is 1.43 bits per heavy atom. The summed E-state index contributed by atoms with van der Waals surface area (Å²) < 4.78 is 5.96. The van der Waals surface area contributed by atoms with Crippen LogP contribution in [0.1, 0.15) is 86.6 Å². The number of fused-ring (bicyclic) bond motifs is 1. The van der Waals surface area contributed by atoms with Crippen LogP contribution in [0.2, 0.25) is 0 Å². The Bertz CT molecular complexity index is 1870. The predicted octanol–water partition coefficient (Wildman–Crippen LogP) is 2.57. The summed E-state index contributed by atoms with van der Waals surface area (Å²) in [6.45, 7) is 5.21. The highest BCUT2D eigenvalue weighted by Gasteiger charge is 2.34. The van der Waals surface area contributed by atoms with Crippen molar-refractivity contribution in [1.82, 2.24) is 36.8 Å². The first-order chi connectivity index (χ1) is 29.6. The van der Waals surface area contributed by atoms with Crippen molar-refractivity contribution in [3.05, 3.63) is 95.1 Å². The number of unbranched alkanes of at least 4 members (excludes halogenated alkanes) is 2. The summed E-state index contributed by atoms with van der Waals surface area (Å²) in [6.07, 6.45) is 4.74. The van der Waals surface area contributed by atoms with E-state index in [-0.39, 0.29) is 62.0 Å². The average Bonchev–Trinajstić information content (AvgIpc) is 3.68. The molecule has 6 amide bonds. The molecule has 0 aliphatic carbocycles. The molecule has 0 radical (unpaired) electrons. The van der Waals surface area contributed by atoms with Crippen LogP contribution in [0.4, 0.5) is 4.79 Å². The zero-order chi connectivity index (χ0) is 43.8. The Morgan fingerprint density at radius 3 is 2.11 bits per heavy atom. The molecule has 0 saturated carbocycles. The van der Waals surface area contributed by atoms with Gasteiger partial charge in [-0.2, -0.15) is 4.99 Å². The van der Waals surface area contributed by atoms with E-state index in [2.05, 4.69) is 41.8 Å². The second-order valence-corrected chi connectivity index (χ2v) is 14.7. The molecule has 0 fully saturated rings. The molecular weight excluding hydrogens is 781 g/mol. The van der Waals surface area contributed by atoms with Crippen molar-refractivity contribution >= 4 is 35.6 Å². The fraction of sp³-hybridized carbons (Fsp3) is 0.455. The van der Waals surface area contributed by atoms with Crippen LogP contribution >= 0.6 is 0 Å². The molecule has 17 nitrogen and oxygen atoms in total. The van der Waals surface area contributed by atoms with Crippen LogP contribution in [0.15, 0.2) is 77.8 Å². The third-order valence-electron chi connectivity index (χ3n) is 9.97. The monoisotopic (exact) mass is 842 g/mol. The molecule has 0 saturated heterocycles. The molecule has 1 heterocycles. The number of amides is 6. The van der Waals surface area contributed by atoms with Gasteiger partial charge in [-0.15, -0.1) is 0 Å². The van der Waals surface area contributed by atoms with E-state index in [0.717, 1.165) is 41.5 Å². The number of nitrogens with one attached hydrogen (secondary N) is 6. The quantitative estimate of drug-likeness (QED) is 0.0341. The van der Waals surface area contributed by atoms with E-state index in [4.69, 9.17) is 16.2 Å². The molecule has 4 rings (SSSR count). The van der Waals surface area contributed by atoms with E-state index < -0.39 is 24.0 Å². The summed E-state index contributed by atoms with van der Waals surface area (Å²) in [5.74, 6) is -0.248. The van der Waals surface area contributed by atoms with Crippen molar-refractivity contribution in [2.45, 2.75) is 90.0 Å². The first-order valence-electron chi connectivity index (χ1n) is 21.0. The highest BCUT2D eigenvalue weighted by molar-refractivity contribution is 5.92. The van der Waals surface area contributed by atoms with Crippen LogP contribution in [0.25, 0.3) is 0 Å². The number of carbonyl (C=O) groups is 5. The van der Waals surface area contributed by atoms with Crippen LogP contribution in [0.5, 0.6) is 11.5 Å². The number of aliphatic imine (C=N–C) groups is 1. The minimum atomic E-state index is -0.937. The van der Waals surface area contributed by atoms with Crippen molar-refractivity contribution in [1.29, 1.82) is 0 Å². The lowest BCUT2D eigenvalue weighted by molar-refractivity contribution is -0.132. The van der Waals surface area contributed by atoms with E-state index in [9.17, 15) is 29.1 Å². The second-order valence-electron chi connectivity index (χ2n) is 14.7. The van der Waals surface area contributed by atoms with E-state index in [1.165, 1.54) is 12.1 Å². The molecule has 0 unspecified atom stereocenters. The molecular formula is C44H62N10O7. The number of carbonyl (C=O) groups excluding carboxylic acids is 5. The highest BCUT2D eigenvalue weighted by Crippen LogP contribution is 2.32. The van der Waals surface area contributed by atoms with Crippen LogP contribution in [-0.2, 0) is 38.8 Å². The number of benzene rings is 3. The summed E-state index contributed by atoms with van der Waals surface area (Å²) in [5, 5.41) is 26.6. The molecule has 11 N–H and O–H groups in total. The summed E-state index contributed by atoms with van der Waals surface area (Å²) in [6, 6.07) is 19.5. The minimum Gasteiger partial charge on any atom is -0.508 e. The summed E-state index contributed by atoms with van der Waals surface area (Å²) in [4.78, 5) is 69.7. The van der Waals surface area contributed by atoms with Crippen molar-refractivity contribution in [2.24, 2.45) is 16.5 Å². The van der Waals surface area contributed by atoms with Gasteiger partial charge in [-0.05, 0) is 85.2 Å². The Hall–Kier alpha value is -6.20. The highest BCUT2D eigenvalue weighted by atomic mass is 16.5. The zero-order valence-electron chi connectivity index (χ0n) is 35.0. The zero-order valence-corrected chi connectivity index (χ0v) is 35.0. The number of aromatic hydroxyl groups is 1. The lowest BCUT2D eigenvalue weighted by atomic mass is 10.0. The van der Waals surface area contributed by atoms with Crippen LogP contribution in [0, 0.1) is 0 Å². The van der Waals surface area contributed by atoms with Gasteiger partial charge in [0.25, 0.3) is 0 Å². The Kier molecular flexibility index (Phi) is 20.3. The maximum atomic E-state index is 14.5. The summed E-state index contributed by atoms with van der Waals surface area (Å²) >= 11 is 0. The van der Waals surface area contributed by atoms with E-state index in [1.54, 1.807) is 19.1 Å². The number of phenolic OH excluding ortho intramolecular Hbond substituents is 1. The molecule has 0 aromatic heterocycles. The number of hydrogen-bond donors (Lipinski definition) is 9. The van der Waals surface area contributed by atoms with Gasteiger partial charge in [-0.25, -0.2) is 4.79 Å². The third-order valence-corrected chi connectivity index (χ3v) is 9.97. The molecule has 3 aromatic rings. The number of nitrogens with zero attached hydrogens (tertiary/aromatic N) is 2. The van der Waals surface area contributed by atoms with Gasteiger partial charge in [0.05, 0.1) is 6.61 Å². The maximum absolute atomic E-state index is 14.5. The smallest absolute Gasteiger partial charge is 0.344 e. The van der Waals surface area contributed by atoms with Gasteiger partial charge in [0, 0.05) is 58.7 Å². The van der Waals surface area contributed by atoms with Gasteiger partial charge in [-0.3, -0.25) is 24.1 Å². The molecule has 1 aliphatic rings. The van der Waals surface area contributed by atoms with E-state index >= 15 is 0 Å². The number of urea groups is 1. The summed E-state index contributed by atoms with van der Waals surface area (Å²) in [7, 11) is 0. The standard InChI is InChI=1S/C44H62N10O7/c1-2-38(56)48-25-26-50-44(60)53-43(46)49-23-8-12-37(41(58)51-28-31-14-18-35(55)19-15-31)52-42(59)40(54-29-33-10-5-6-11-34(33)30-54)32-16-20-36(21-17-32)61-27-9-24-47-39(57)13-4-3-7-22-45/h5-6,10-11,14-21,37,40,55H,2-4,7-9,12-13,22-30,45H2,1H3,(H,47,57)(H,48,56)(H,51,58)(H,52,59)(H4,46,49,50,53,60)/t37-,40+/m1/s1. The second kappa shape index (κ2) is 26.1. The normalized spacial score (nSPS) is 13.3. The van der Waals surface area contributed by atoms with Crippen LogP contribution < -0.4 is 48.1 Å². The molecule has 0 bridgehead atoms. The van der Waals surface area contributed by atoms with Crippen molar-refractivity contribution in [3.63, 3.8) is 0 Å². The van der Waals surface area contributed by atoms with Crippen molar-refractivity contribution in [2.75, 3.05) is 39.3 Å². The van der Waals surface area contributed by atoms with Crippen molar-refractivity contribution in [3.8, 4) is 11.5 Å². The van der Waals surface area contributed by atoms with Gasteiger partial charge in [0.1, 0.15) is 23.6 Å². The van der Waals surface area contributed by atoms with E-state index in [1.807, 2.05) is 48.5 Å². The van der Waals surface area contributed by atoms with Gasteiger partial charge in [0.15, 0.2) is 5.96 Å². The fourth-order valence-electron chi connectivity index (χ4n) is 6.65. The maximum Gasteiger partial charge on any atom is 0.344 e. The number of rotatable bonds is 25. The fourth-order valence-corrected chi connectivity index (χ4v) is 6.65. The van der Waals surface area contributed by atoms with Gasteiger partial charge in [-0.1, -0.05) is 61.9 Å². The lowest BCUT2D eigenvalue weighted by Crippen LogP contribution is -2.50. The van der Waals surface area contributed by atoms with Crippen LogP contribution in [-0.4, -0.2) is 91.0 Å². The van der Waals surface area contributed by atoms with Gasteiger partial charge in [0.2, 0.25) is 23.6 Å². The van der Waals surface area contributed by atoms with Crippen LogP contribution in [0.3, 0.4) is 0 Å². The molecule has 0 spiro atoms. The minimum absolute atomic E-state index is 0.0206. The lowest BCUT2D eigenvalue weighted by Gasteiger charge is -2.29. The first-order valence-corrected chi connectivity index (χ1v) is 21.0. The molecule has 2 atom stereocenters. The van der Waals surface area contributed by atoms with Gasteiger partial charge < -0.3 is 53.2 Å². The predicted molar refractivity (Wildman–Crippen MR) is 233 cm³/mol. The Labute approximate surface area is 357 Å².